The van der Waals surface area contributed by atoms with E-state index in [9.17, 15) is 5.11 Å². The van der Waals surface area contributed by atoms with Gasteiger partial charge >= 0.3 is 0 Å². The Balaban J connectivity index is 0.00000280. The highest BCUT2D eigenvalue weighted by Crippen LogP contribution is 2.26. The standard InChI is InChI=1S/C21H24N4O2.HI/c1-3-22-21(24-13-15-8-9-20(27-2)19(26)12-15)25-14-16-10-11-23-18-7-5-4-6-17(16)18;/h4-12,26H,3,13-14H2,1-2H3,(H2,22,24,25);1H. The number of benzene rings is 2. The van der Waals surface area contributed by atoms with E-state index in [2.05, 4.69) is 26.7 Å². The van der Waals surface area contributed by atoms with Crippen LogP contribution in [0.15, 0.2) is 59.7 Å². The maximum atomic E-state index is 9.90. The number of halogens is 1. The van der Waals surface area contributed by atoms with E-state index in [0.29, 0.717) is 24.8 Å². The highest BCUT2D eigenvalue weighted by molar-refractivity contribution is 14.0. The zero-order valence-corrected chi connectivity index (χ0v) is 18.3. The second-order valence-corrected chi connectivity index (χ2v) is 6.04. The number of para-hydroxylation sites is 1. The van der Waals surface area contributed by atoms with Crippen molar-refractivity contribution in [2.75, 3.05) is 13.7 Å². The number of phenols is 1. The van der Waals surface area contributed by atoms with E-state index in [0.717, 1.165) is 28.6 Å². The highest BCUT2D eigenvalue weighted by Gasteiger charge is 2.05. The first kappa shape index (κ1) is 21.7. The molecular formula is C21H25IN4O2. The molecule has 3 aromatic rings. The molecule has 0 aliphatic rings. The van der Waals surface area contributed by atoms with Gasteiger partial charge in [-0.15, -0.1) is 24.0 Å². The van der Waals surface area contributed by atoms with Gasteiger partial charge in [0, 0.05) is 24.7 Å². The van der Waals surface area contributed by atoms with Crippen LogP contribution in [0.3, 0.4) is 0 Å². The zero-order valence-electron chi connectivity index (χ0n) is 16.0. The summed E-state index contributed by atoms with van der Waals surface area (Å²) in [6.45, 7) is 3.88. The monoisotopic (exact) mass is 492 g/mol. The Morgan fingerprint density at radius 3 is 2.71 bits per heavy atom. The molecule has 0 radical (unpaired) electrons. The number of hydrogen-bond acceptors (Lipinski definition) is 4. The number of aromatic hydroxyl groups is 1. The molecule has 0 unspecified atom stereocenters. The van der Waals surface area contributed by atoms with Gasteiger partial charge in [-0.3, -0.25) is 4.98 Å². The Morgan fingerprint density at radius 2 is 1.96 bits per heavy atom. The lowest BCUT2D eigenvalue weighted by molar-refractivity contribution is 0.373. The molecule has 0 fully saturated rings. The molecule has 3 N–H and O–H groups in total. The zero-order chi connectivity index (χ0) is 19.1. The predicted octanol–water partition coefficient (Wildman–Crippen LogP) is 3.82. The fourth-order valence-corrected chi connectivity index (χ4v) is 2.83. The molecule has 0 aliphatic carbocycles. The van der Waals surface area contributed by atoms with Crippen LogP contribution in [-0.2, 0) is 13.1 Å². The normalized spacial score (nSPS) is 11.0. The molecule has 3 rings (SSSR count). The Kier molecular flexibility index (Phi) is 8.31. The van der Waals surface area contributed by atoms with Crippen molar-refractivity contribution in [3.63, 3.8) is 0 Å². The lowest BCUT2D eigenvalue weighted by atomic mass is 10.1. The van der Waals surface area contributed by atoms with E-state index in [-0.39, 0.29) is 29.7 Å². The lowest BCUT2D eigenvalue weighted by Crippen LogP contribution is -2.36. The molecule has 1 heterocycles. The molecule has 28 heavy (non-hydrogen) atoms. The lowest BCUT2D eigenvalue weighted by Gasteiger charge is -2.13. The van der Waals surface area contributed by atoms with E-state index >= 15 is 0 Å². The van der Waals surface area contributed by atoms with Crippen LogP contribution in [-0.4, -0.2) is 29.7 Å². The van der Waals surface area contributed by atoms with Crippen LogP contribution in [0.4, 0.5) is 0 Å². The average molecular weight is 492 g/mol. The summed E-state index contributed by atoms with van der Waals surface area (Å²) >= 11 is 0. The van der Waals surface area contributed by atoms with Gasteiger partial charge in [0.2, 0.25) is 0 Å². The summed E-state index contributed by atoms with van der Waals surface area (Å²) in [4.78, 5) is 9.00. The van der Waals surface area contributed by atoms with Gasteiger partial charge in [0.05, 0.1) is 19.2 Å². The molecule has 0 amide bonds. The molecule has 0 bridgehead atoms. The number of fused-ring (bicyclic) bond motifs is 1. The number of methoxy groups -OCH3 is 1. The van der Waals surface area contributed by atoms with Crippen molar-refractivity contribution in [2.24, 2.45) is 4.99 Å². The molecule has 1 aromatic heterocycles. The van der Waals surface area contributed by atoms with Crippen LogP contribution in [0, 0.1) is 0 Å². The number of nitrogens with one attached hydrogen (secondary N) is 2. The average Bonchev–Trinajstić information content (AvgIpc) is 2.70. The number of rotatable bonds is 6. The summed E-state index contributed by atoms with van der Waals surface area (Å²) < 4.78 is 5.07. The van der Waals surface area contributed by atoms with E-state index < -0.39 is 0 Å². The van der Waals surface area contributed by atoms with Gasteiger partial charge in [0.25, 0.3) is 0 Å². The van der Waals surface area contributed by atoms with Crippen molar-refractivity contribution in [2.45, 2.75) is 20.0 Å². The molecule has 148 valence electrons. The molecule has 0 spiro atoms. The second-order valence-electron chi connectivity index (χ2n) is 6.04. The van der Waals surface area contributed by atoms with Gasteiger partial charge < -0.3 is 20.5 Å². The van der Waals surface area contributed by atoms with Gasteiger partial charge in [-0.1, -0.05) is 24.3 Å². The van der Waals surface area contributed by atoms with Crippen molar-refractivity contribution in [1.82, 2.24) is 15.6 Å². The van der Waals surface area contributed by atoms with Gasteiger partial charge in [0.1, 0.15) is 0 Å². The molecule has 6 nitrogen and oxygen atoms in total. The van der Waals surface area contributed by atoms with Crippen LogP contribution in [0.25, 0.3) is 10.9 Å². The summed E-state index contributed by atoms with van der Waals surface area (Å²) in [6.07, 6.45) is 1.82. The van der Waals surface area contributed by atoms with Crippen molar-refractivity contribution in [3.05, 3.63) is 65.9 Å². The van der Waals surface area contributed by atoms with Gasteiger partial charge in [-0.2, -0.15) is 0 Å². The van der Waals surface area contributed by atoms with Crippen LogP contribution in [0.1, 0.15) is 18.1 Å². The fraction of sp³-hybridized carbons (Fsp3) is 0.238. The van der Waals surface area contributed by atoms with Gasteiger partial charge in [-0.25, -0.2) is 4.99 Å². The number of pyridine rings is 1. The first-order chi connectivity index (χ1) is 13.2. The number of aromatic nitrogens is 1. The number of guanidine groups is 1. The predicted molar refractivity (Wildman–Crippen MR) is 123 cm³/mol. The Morgan fingerprint density at radius 1 is 1.14 bits per heavy atom. The van der Waals surface area contributed by atoms with E-state index in [4.69, 9.17) is 4.74 Å². The molecule has 2 aromatic carbocycles. The summed E-state index contributed by atoms with van der Waals surface area (Å²) in [5.74, 6) is 1.29. The maximum Gasteiger partial charge on any atom is 0.191 e. The quantitative estimate of drug-likeness (QED) is 0.277. The first-order valence-electron chi connectivity index (χ1n) is 8.92. The Bertz CT molecular complexity index is 941. The van der Waals surface area contributed by atoms with Crippen molar-refractivity contribution in [3.8, 4) is 11.5 Å². The number of nitrogens with zero attached hydrogens (tertiary/aromatic N) is 2. The summed E-state index contributed by atoms with van der Waals surface area (Å²) in [6, 6.07) is 15.4. The van der Waals surface area contributed by atoms with Crippen molar-refractivity contribution >= 4 is 40.8 Å². The van der Waals surface area contributed by atoms with Crippen LogP contribution < -0.4 is 15.4 Å². The van der Waals surface area contributed by atoms with Crippen LogP contribution in [0.2, 0.25) is 0 Å². The smallest absolute Gasteiger partial charge is 0.191 e. The van der Waals surface area contributed by atoms with Gasteiger partial charge in [0.15, 0.2) is 17.5 Å². The van der Waals surface area contributed by atoms with E-state index in [1.54, 1.807) is 12.1 Å². The molecule has 0 atom stereocenters. The number of hydrogen-bond donors (Lipinski definition) is 3. The van der Waals surface area contributed by atoms with Crippen LogP contribution in [0.5, 0.6) is 11.5 Å². The van der Waals surface area contributed by atoms with Crippen molar-refractivity contribution < 1.29 is 9.84 Å². The molecule has 0 aliphatic heterocycles. The summed E-state index contributed by atoms with van der Waals surface area (Å²) in [7, 11) is 1.53. The topological polar surface area (TPSA) is 78.8 Å². The summed E-state index contributed by atoms with van der Waals surface area (Å²) in [5.41, 5.74) is 3.04. The largest absolute Gasteiger partial charge is 0.504 e. The third-order valence-corrected chi connectivity index (χ3v) is 4.19. The minimum Gasteiger partial charge on any atom is -0.504 e. The summed E-state index contributed by atoms with van der Waals surface area (Å²) in [5, 5.41) is 17.6. The highest BCUT2D eigenvalue weighted by atomic mass is 127. The van der Waals surface area contributed by atoms with E-state index in [1.165, 1.54) is 7.11 Å². The third kappa shape index (κ3) is 5.48. The molecule has 7 heteroatoms. The maximum absolute atomic E-state index is 9.90. The minimum atomic E-state index is 0. The molecular weight excluding hydrogens is 467 g/mol. The van der Waals surface area contributed by atoms with E-state index in [1.807, 2.05) is 43.5 Å². The van der Waals surface area contributed by atoms with Gasteiger partial charge in [-0.05, 0) is 42.3 Å². The second kappa shape index (κ2) is 10.7. The fourth-order valence-electron chi connectivity index (χ4n) is 2.83. The third-order valence-electron chi connectivity index (χ3n) is 4.19. The number of ether oxygens (including phenoxy) is 1. The molecule has 0 saturated carbocycles. The Hall–Kier alpha value is -2.55. The number of phenolic OH excluding ortho intramolecular Hbond substituents is 1. The van der Waals surface area contributed by atoms with Crippen molar-refractivity contribution in [1.29, 1.82) is 0 Å². The SMILES string of the molecule is CCNC(=NCc1ccc(OC)c(O)c1)NCc1ccnc2ccccc12.I. The van der Waals surface area contributed by atoms with Crippen LogP contribution >= 0.6 is 24.0 Å². The molecule has 0 saturated heterocycles. The first-order valence-corrected chi connectivity index (χ1v) is 8.92. The Labute approximate surface area is 182 Å². The minimum absolute atomic E-state index is 0. The number of aliphatic imine (C=N–C) groups is 1.